The van der Waals surface area contributed by atoms with Gasteiger partial charge in [0.1, 0.15) is 53.3 Å². The van der Waals surface area contributed by atoms with Crippen LogP contribution in [0.3, 0.4) is 0 Å². The second kappa shape index (κ2) is 35.3. The van der Waals surface area contributed by atoms with Crippen molar-refractivity contribution in [1.82, 2.24) is 75.8 Å². The molecule has 9 aliphatic rings. The van der Waals surface area contributed by atoms with E-state index in [0.717, 1.165) is 70.7 Å². The van der Waals surface area contributed by atoms with E-state index in [9.17, 15) is 38.4 Å². The molecule has 0 radical (unpaired) electrons. The van der Waals surface area contributed by atoms with Gasteiger partial charge in [-0.3, -0.25) is 78.1 Å². The van der Waals surface area contributed by atoms with Crippen LogP contribution in [-0.2, 0) is 49.7 Å². The molecule has 20 rings (SSSR count). The molecule has 6 N–H and O–H groups in total. The summed E-state index contributed by atoms with van der Waals surface area (Å²) in [6.45, 7) is 0. The van der Waals surface area contributed by atoms with Gasteiger partial charge in [-0.2, -0.15) is 6.29 Å². The normalized spacial score (nSPS) is 22.4. The van der Waals surface area contributed by atoms with Crippen molar-refractivity contribution in [3.05, 3.63) is 287 Å². The van der Waals surface area contributed by atoms with Crippen molar-refractivity contribution >= 4 is 70.9 Å². The molecule has 0 bridgehead atoms. The number of allylic oxidation sites excluding steroid dienone is 6. The van der Waals surface area contributed by atoms with Crippen LogP contribution in [0.5, 0.6) is 0 Å². The molecule has 4 fully saturated rings. The Hall–Kier alpha value is -13.6. The van der Waals surface area contributed by atoms with E-state index in [0.29, 0.717) is 77.9 Å². The van der Waals surface area contributed by atoms with Crippen LogP contribution in [0.2, 0.25) is 0 Å². The monoisotopic (exact) mass is 1580 g/mol. The SMILES string of the molecule is CN1C(=O)[C@@H](N)C2C[C@H]2c2nccnc21.CN1C(=O)[C@@H](NC(=O)c2ncc(CC3=CC=[C+]C=C3)o2)[C@H]2C[C@H]2c2nccnc21.CN1C(=O)[C@@H](NC(=O)c2ncc(Cc3ccccc3)o2)C2C[C@H]2c2nccnc21.CN1C(=O)[C@H](NC(=O)c2ncc(Cc3ccccc3)o2)[C@@H]2C[C@@H]2c2nccnc21.O=[C-]c1ncc(Cc2ccccc2)o1.[Li+].[OH-]. The summed E-state index contributed by atoms with van der Waals surface area (Å²) in [4.78, 5) is 156. The summed E-state index contributed by atoms with van der Waals surface area (Å²) in [5.74, 6) is 3.47. The van der Waals surface area contributed by atoms with Crippen LogP contribution in [0.4, 0.5) is 23.3 Å². The molecule has 11 aromatic rings. The number of rotatable bonds is 15. The Morgan fingerprint density at radius 1 is 0.432 bits per heavy atom. The fourth-order valence-corrected chi connectivity index (χ4v) is 15.2. The number of amides is 7. The van der Waals surface area contributed by atoms with Gasteiger partial charge in [-0.25, -0.2) is 34.9 Å². The molecule has 12 atom stereocenters. The number of nitrogens with two attached hydrogens (primary N) is 1. The Kier molecular flexibility index (Phi) is 24.2. The number of hydrogen-bond donors (Lipinski definition) is 4. The molecule has 0 spiro atoms. The van der Waals surface area contributed by atoms with Crippen molar-refractivity contribution in [2.45, 2.75) is 99.2 Å². The fourth-order valence-electron chi connectivity index (χ4n) is 15.2. The molecule has 5 aliphatic carbocycles. The Morgan fingerprint density at radius 2 is 0.746 bits per heavy atom. The number of oxazole rings is 4. The van der Waals surface area contributed by atoms with Crippen molar-refractivity contribution in [2.75, 3.05) is 47.8 Å². The van der Waals surface area contributed by atoms with Crippen molar-refractivity contribution in [3.63, 3.8) is 0 Å². The van der Waals surface area contributed by atoms with Crippen LogP contribution in [0.25, 0.3) is 0 Å². The van der Waals surface area contributed by atoms with Crippen molar-refractivity contribution in [3.8, 4) is 0 Å². The van der Waals surface area contributed by atoms with Crippen LogP contribution in [-0.4, -0.2) is 165 Å². The van der Waals surface area contributed by atoms with E-state index >= 15 is 0 Å². The molecule has 0 saturated heterocycles. The van der Waals surface area contributed by atoms with E-state index in [4.69, 9.17) is 23.4 Å². The smallest absolute Gasteiger partial charge is 0.870 e. The van der Waals surface area contributed by atoms with E-state index < -0.39 is 41.9 Å². The summed E-state index contributed by atoms with van der Waals surface area (Å²) in [6, 6.07) is 27.1. The van der Waals surface area contributed by atoms with Crippen LogP contribution >= 0.6 is 0 Å². The third-order valence-corrected chi connectivity index (χ3v) is 21.6. The van der Waals surface area contributed by atoms with Gasteiger partial charge in [0.2, 0.25) is 5.91 Å². The van der Waals surface area contributed by atoms with Crippen molar-refractivity contribution in [2.24, 2.45) is 29.4 Å². The predicted molar refractivity (Wildman–Crippen MR) is 416 cm³/mol. The molecule has 3 aromatic carbocycles. The van der Waals surface area contributed by atoms with E-state index in [2.05, 4.69) is 81.8 Å². The number of fused-ring (bicyclic) bond motifs is 12. The van der Waals surface area contributed by atoms with Gasteiger partial charge in [-0.05, 0) is 66.0 Å². The van der Waals surface area contributed by atoms with Crippen molar-refractivity contribution < 1.29 is 80.4 Å². The first-order valence-electron chi connectivity index (χ1n) is 37.7. The Labute approximate surface area is 687 Å². The van der Waals surface area contributed by atoms with Gasteiger partial charge in [0.15, 0.2) is 23.3 Å². The van der Waals surface area contributed by atoms with Gasteiger partial charge in [-0.1, -0.05) is 91.0 Å². The van der Waals surface area contributed by atoms with Crippen LogP contribution in [0.15, 0.2) is 213 Å². The number of aromatic nitrogens is 12. The third kappa shape index (κ3) is 17.6. The Bertz CT molecular complexity index is 5470. The maximum Gasteiger partial charge on any atom is 1.00 e. The summed E-state index contributed by atoms with van der Waals surface area (Å²) in [6.07, 6.45) is 36.7. The van der Waals surface area contributed by atoms with Gasteiger partial charge in [0, 0.05) is 127 Å². The molecular formula is C84H77LiN20O13. The zero-order valence-electron chi connectivity index (χ0n) is 64.6. The van der Waals surface area contributed by atoms with E-state index in [1.807, 2.05) is 115 Å². The number of anilines is 4. The molecule has 4 aliphatic heterocycles. The number of benzene rings is 3. The molecular weight excluding hydrogens is 1500 g/mol. The van der Waals surface area contributed by atoms with E-state index in [1.54, 1.807) is 103 Å². The molecule has 2 unspecified atom stereocenters. The maximum absolute atomic E-state index is 13.0. The minimum absolute atomic E-state index is 0. The minimum Gasteiger partial charge on any atom is -0.870 e. The molecule has 33 nitrogen and oxygen atoms in total. The van der Waals surface area contributed by atoms with Gasteiger partial charge in [0.05, 0.1) is 83.6 Å². The molecule has 34 heteroatoms. The second-order valence-electron chi connectivity index (χ2n) is 29.3. The van der Waals surface area contributed by atoms with Gasteiger partial charge in [0.25, 0.3) is 35.4 Å². The van der Waals surface area contributed by atoms with E-state index in [1.165, 1.54) is 25.8 Å². The average molecular weight is 1580 g/mol. The quantitative estimate of drug-likeness (QED) is 0.0831. The molecule has 7 amide bonds. The zero-order valence-corrected chi connectivity index (χ0v) is 64.6. The summed E-state index contributed by atoms with van der Waals surface area (Å²) in [7, 11) is 6.67. The predicted octanol–water partition coefficient (Wildman–Crippen LogP) is 4.04. The summed E-state index contributed by atoms with van der Waals surface area (Å²) in [5, 5.41) is 8.45. The van der Waals surface area contributed by atoms with Gasteiger partial charge in [-0.15, -0.1) is 0 Å². The summed E-state index contributed by atoms with van der Waals surface area (Å²) < 4.78 is 22.0. The van der Waals surface area contributed by atoms with Crippen LogP contribution in [0, 0.1) is 29.7 Å². The zero-order chi connectivity index (χ0) is 80.3. The summed E-state index contributed by atoms with van der Waals surface area (Å²) >= 11 is 0. The first-order chi connectivity index (χ1) is 56.4. The first-order valence-corrected chi connectivity index (χ1v) is 37.7. The summed E-state index contributed by atoms with van der Waals surface area (Å²) in [5.41, 5.74) is 13.5. The molecule has 8 aromatic heterocycles. The number of carbonyl (C=O) groups is 7. The Morgan fingerprint density at radius 3 is 1.08 bits per heavy atom. The maximum atomic E-state index is 13.0. The fraction of sp³-hybridized carbons (Fsp3) is 0.286. The number of carbonyl (C=O) groups excluding carboxylic acids is 8. The minimum atomic E-state index is -0.659. The number of likely N-dealkylation sites (N-methyl/N-ethyl adjacent to an activating group) is 4. The topological polar surface area (TPSA) is 449 Å². The van der Waals surface area contributed by atoms with Crippen LogP contribution < -0.4 is 60.1 Å². The second-order valence-corrected chi connectivity index (χ2v) is 29.3. The van der Waals surface area contributed by atoms with E-state index in [-0.39, 0.29) is 113 Å². The number of nitrogens with one attached hydrogen (secondary N) is 3. The first kappa shape index (κ1) is 81.0. The molecule has 4 saturated carbocycles. The third-order valence-electron chi connectivity index (χ3n) is 21.6. The average Bonchev–Trinajstić information content (AvgIpc) is 1.62. The number of nitrogens with zero attached hydrogens (tertiary/aromatic N) is 16. The number of hydrogen-bond acceptors (Lipinski definition) is 26. The standard InChI is InChI=1S/2C21H19N5O3.C21H17N5O3.C11H8NO2.C10H12N4O.Li.H2O/c3*1-26-18-16(22-7-8-23-18)14-10-15(14)17(21(26)28)25-19(27)20-24-11-13(29-20)9-12-5-3-2-4-6-12;13-8-11-12-7-10(14-11)6-9-4-2-1-3-5-9;1-14-9-8(12-2-3-13-9)6-4-5(6)7(11)10(14)15;;/h2*2-8,11,14-15,17H,9-10H2,1H3,(H,25,27);3-8,11,14-15,17H,9-10H2,1H3;1-5,7H,6H2;2-3,5-7H,4,11H2,1H3;;1H2/q;;;-1;;+1;/t14-,15?,17+;2*14-,15+,17+;;5?,6-,7+;;/m101.1../s1. The van der Waals surface area contributed by atoms with Crippen molar-refractivity contribution in [1.29, 1.82) is 0 Å². The molecule has 12 heterocycles. The van der Waals surface area contributed by atoms with Crippen LogP contribution in [0.1, 0.15) is 150 Å². The van der Waals surface area contributed by atoms with Gasteiger partial charge < -0.3 is 49.6 Å². The largest absolute Gasteiger partial charge is 1.00 e. The Balaban J connectivity index is 0.000000124. The molecule has 592 valence electrons. The molecule has 118 heavy (non-hydrogen) atoms. The van der Waals surface area contributed by atoms with Gasteiger partial charge >= 0.3 is 36.6 Å².